The summed E-state index contributed by atoms with van der Waals surface area (Å²) in [5.41, 5.74) is 5.95. The van der Waals surface area contributed by atoms with Gasteiger partial charge in [-0.1, -0.05) is 18.2 Å². The number of nitrogens with one attached hydrogen (secondary N) is 2. The van der Waals surface area contributed by atoms with Crippen molar-refractivity contribution in [1.29, 1.82) is 0 Å². The van der Waals surface area contributed by atoms with Gasteiger partial charge < -0.3 is 9.82 Å². The molecule has 5 rings (SSSR count). The molecule has 4 heteroatoms. The van der Waals surface area contributed by atoms with Gasteiger partial charge in [0.15, 0.2) is 5.75 Å². The van der Waals surface area contributed by atoms with Crippen LogP contribution >= 0.6 is 0 Å². The maximum Gasteiger partial charge on any atom is 0.171 e. The summed E-state index contributed by atoms with van der Waals surface area (Å²) in [6.07, 6.45) is 7.47. The van der Waals surface area contributed by atoms with E-state index in [0.717, 1.165) is 22.2 Å². The molecule has 2 aromatic carbocycles. The number of aromatic nitrogens is 2. The molecule has 23 heavy (non-hydrogen) atoms. The van der Waals surface area contributed by atoms with Crippen molar-refractivity contribution in [2.24, 2.45) is 0 Å². The zero-order valence-corrected chi connectivity index (χ0v) is 12.4. The summed E-state index contributed by atoms with van der Waals surface area (Å²) in [5, 5.41) is 2.30. The number of benzene rings is 2. The summed E-state index contributed by atoms with van der Waals surface area (Å²) in [6.45, 7) is 0. The molecular weight excluding hydrogens is 286 g/mol. The lowest BCUT2D eigenvalue weighted by atomic mass is 10.1. The Morgan fingerprint density at radius 2 is 1.87 bits per heavy atom. The number of nitrogens with zero attached hydrogens (tertiary/aromatic N) is 1. The highest BCUT2D eigenvalue weighted by Gasteiger charge is 2.09. The van der Waals surface area contributed by atoms with E-state index >= 15 is 0 Å². The number of fused-ring (bicyclic) bond motifs is 4. The molecule has 3 heterocycles. The topological polar surface area (TPSA) is 49.9 Å². The van der Waals surface area contributed by atoms with Crippen LogP contribution in [-0.4, -0.2) is 9.97 Å². The van der Waals surface area contributed by atoms with Crippen molar-refractivity contribution in [3.8, 4) is 5.75 Å². The highest BCUT2D eigenvalue weighted by atomic mass is 16.6. The lowest BCUT2D eigenvalue weighted by Crippen LogP contribution is -2.14. The summed E-state index contributed by atoms with van der Waals surface area (Å²) in [6, 6.07) is 18.2. The Bertz CT molecular complexity index is 958. The van der Waals surface area contributed by atoms with E-state index < -0.39 is 0 Å². The van der Waals surface area contributed by atoms with Crippen LogP contribution < -0.4 is 10.3 Å². The molecule has 0 aliphatic carbocycles. The quantitative estimate of drug-likeness (QED) is 0.510. The second-order valence-corrected chi connectivity index (χ2v) is 5.17. The van der Waals surface area contributed by atoms with Gasteiger partial charge in [0.1, 0.15) is 0 Å². The molecule has 0 fully saturated rings. The summed E-state index contributed by atoms with van der Waals surface area (Å²) in [5.74, 6) is 0.845. The van der Waals surface area contributed by atoms with Crippen LogP contribution in [0.15, 0.2) is 73.2 Å². The molecule has 0 spiro atoms. The van der Waals surface area contributed by atoms with E-state index in [2.05, 4.69) is 33.6 Å². The van der Waals surface area contributed by atoms with Gasteiger partial charge in [-0.3, -0.25) is 4.98 Å². The zero-order chi connectivity index (χ0) is 15.5. The van der Waals surface area contributed by atoms with Crippen LogP contribution in [0, 0.1) is 0 Å². The molecule has 0 unspecified atom stereocenters. The van der Waals surface area contributed by atoms with Crippen molar-refractivity contribution in [3.63, 3.8) is 0 Å². The second kappa shape index (κ2) is 5.85. The maximum atomic E-state index is 5.36. The van der Waals surface area contributed by atoms with Crippen LogP contribution in [0.2, 0.25) is 0 Å². The molecule has 0 radical (unpaired) electrons. The van der Waals surface area contributed by atoms with Gasteiger partial charge in [0.25, 0.3) is 0 Å². The Morgan fingerprint density at radius 1 is 0.913 bits per heavy atom. The zero-order valence-electron chi connectivity index (χ0n) is 12.4. The van der Waals surface area contributed by atoms with E-state index in [4.69, 9.17) is 4.84 Å². The van der Waals surface area contributed by atoms with Crippen LogP contribution in [0.3, 0.4) is 0 Å². The van der Waals surface area contributed by atoms with Crippen LogP contribution in [0.4, 0.5) is 0 Å². The van der Waals surface area contributed by atoms with Gasteiger partial charge >= 0.3 is 0 Å². The monoisotopic (exact) mass is 301 g/mol. The van der Waals surface area contributed by atoms with E-state index in [-0.39, 0.29) is 0 Å². The van der Waals surface area contributed by atoms with Gasteiger partial charge in [0.2, 0.25) is 0 Å². The summed E-state index contributed by atoms with van der Waals surface area (Å²) in [7, 11) is 0. The number of para-hydroxylation sites is 1. The first-order valence-electron chi connectivity index (χ1n) is 7.40. The largest absolute Gasteiger partial charge is 0.381 e. The molecule has 4 nitrogen and oxygen atoms in total. The predicted molar refractivity (Wildman–Crippen MR) is 92.8 cm³/mol. The van der Waals surface area contributed by atoms with Crippen LogP contribution in [0.5, 0.6) is 5.75 Å². The highest BCUT2D eigenvalue weighted by Crippen LogP contribution is 2.30. The Morgan fingerprint density at radius 3 is 2.83 bits per heavy atom. The van der Waals surface area contributed by atoms with Gasteiger partial charge in [0.05, 0.1) is 5.52 Å². The molecular formula is C19H15N3O. The van der Waals surface area contributed by atoms with Crippen LogP contribution in [-0.2, 0) is 0 Å². The van der Waals surface area contributed by atoms with Gasteiger partial charge in [-0.15, -0.1) is 0 Å². The summed E-state index contributed by atoms with van der Waals surface area (Å²) in [4.78, 5) is 12.7. The van der Waals surface area contributed by atoms with Crippen molar-refractivity contribution < 1.29 is 4.84 Å². The second-order valence-electron chi connectivity index (χ2n) is 5.17. The Kier molecular flexibility index (Phi) is 3.41. The minimum atomic E-state index is 0.845. The molecule has 2 aromatic heterocycles. The molecule has 0 saturated carbocycles. The van der Waals surface area contributed by atoms with Crippen LogP contribution in [0.25, 0.3) is 27.9 Å². The minimum Gasteiger partial charge on any atom is -0.381 e. The number of pyridine rings is 1. The van der Waals surface area contributed by atoms with Crippen molar-refractivity contribution in [2.45, 2.75) is 0 Å². The molecule has 4 aromatic rings. The van der Waals surface area contributed by atoms with Crippen molar-refractivity contribution in [2.75, 3.05) is 0 Å². The van der Waals surface area contributed by atoms with E-state index in [1.54, 1.807) is 12.4 Å². The van der Waals surface area contributed by atoms with Crippen molar-refractivity contribution in [1.82, 2.24) is 15.4 Å². The summed E-state index contributed by atoms with van der Waals surface area (Å²) < 4.78 is 0. The average molecular weight is 301 g/mol. The van der Waals surface area contributed by atoms with E-state index in [0.29, 0.717) is 0 Å². The predicted octanol–water partition coefficient (Wildman–Crippen LogP) is 4.27. The van der Waals surface area contributed by atoms with Gasteiger partial charge in [-0.2, -0.15) is 0 Å². The minimum absolute atomic E-state index is 0.845. The van der Waals surface area contributed by atoms with E-state index in [9.17, 15) is 0 Å². The van der Waals surface area contributed by atoms with E-state index in [1.165, 1.54) is 10.9 Å². The lowest BCUT2D eigenvalue weighted by Gasteiger charge is -2.14. The van der Waals surface area contributed by atoms with Gasteiger partial charge in [0, 0.05) is 35.1 Å². The molecule has 0 saturated heterocycles. The third-order valence-corrected chi connectivity index (χ3v) is 3.72. The number of rotatable bonds is 0. The normalized spacial score (nSPS) is 12.0. The van der Waals surface area contributed by atoms with Gasteiger partial charge in [-0.25, -0.2) is 5.48 Å². The van der Waals surface area contributed by atoms with Crippen molar-refractivity contribution in [3.05, 3.63) is 78.8 Å². The fourth-order valence-corrected chi connectivity index (χ4v) is 2.60. The summed E-state index contributed by atoms with van der Waals surface area (Å²) >= 11 is 0. The lowest BCUT2D eigenvalue weighted by molar-refractivity contribution is 0.242. The third-order valence-electron chi connectivity index (χ3n) is 3.72. The smallest absolute Gasteiger partial charge is 0.171 e. The Hall–Kier alpha value is -3.27. The third kappa shape index (κ3) is 2.62. The van der Waals surface area contributed by atoms with Crippen molar-refractivity contribution >= 4 is 27.9 Å². The van der Waals surface area contributed by atoms with Crippen LogP contribution in [0.1, 0.15) is 5.56 Å². The Labute approximate surface area is 133 Å². The fourth-order valence-electron chi connectivity index (χ4n) is 2.60. The number of aromatic amines is 1. The fraction of sp³-hybridized carbons (Fsp3) is 0. The molecule has 1 aliphatic rings. The first-order valence-corrected chi connectivity index (χ1v) is 7.40. The van der Waals surface area contributed by atoms with Gasteiger partial charge in [-0.05, 0) is 47.9 Å². The average Bonchev–Trinajstić information content (AvgIpc) is 3.11. The molecule has 0 bridgehead atoms. The molecule has 112 valence electrons. The molecule has 2 N–H and O–H groups in total. The molecule has 0 atom stereocenters. The first kappa shape index (κ1) is 13.4. The Balaban J connectivity index is 0.000000130. The SMILES string of the molecule is C1=Cc2ccc3ncccc3c2ON1.c1ccc2[nH]ccc2c1. The number of hydrogen-bond donors (Lipinski definition) is 2. The number of H-pyrrole nitrogens is 1. The number of hydroxylamine groups is 1. The molecule has 0 amide bonds. The molecule has 1 aliphatic heterocycles. The standard InChI is InChI=1S/C11H8N2O.C8H7N/c1-2-9-10(12-6-1)4-3-8-5-7-13-14-11(8)9;1-2-4-8-7(3-1)5-6-9-8/h1-7,13H;1-6,9H. The number of hydrogen-bond acceptors (Lipinski definition) is 3. The van der Waals surface area contributed by atoms with E-state index in [1.807, 2.05) is 48.7 Å². The highest BCUT2D eigenvalue weighted by molar-refractivity contribution is 5.89. The first-order chi connectivity index (χ1) is 11.4. The maximum absolute atomic E-state index is 5.36.